The maximum Gasteiger partial charge on any atom is 0.0708 e. The van der Waals surface area contributed by atoms with Crippen molar-refractivity contribution in [3.05, 3.63) is 0 Å². The van der Waals surface area contributed by atoms with Crippen molar-refractivity contribution >= 4 is 15.9 Å². The highest BCUT2D eigenvalue weighted by Crippen LogP contribution is 1.71. The Morgan fingerprint density at radius 2 is 2.33 bits per heavy atom. The summed E-state index contributed by atoms with van der Waals surface area (Å²) >= 11 is 2.89. The van der Waals surface area contributed by atoms with E-state index >= 15 is 0 Å². The van der Waals surface area contributed by atoms with Gasteiger partial charge in [0.05, 0.1) is 6.42 Å². The predicted molar refractivity (Wildman–Crippen MR) is 30.2 cm³/mol. The van der Waals surface area contributed by atoms with Gasteiger partial charge in [-0.1, -0.05) is 11.8 Å². The summed E-state index contributed by atoms with van der Waals surface area (Å²) in [6.45, 7) is 0. The van der Waals surface area contributed by atoms with Crippen LogP contribution in [0.4, 0.5) is 0 Å². The molecular formula is C5H3Br. The van der Waals surface area contributed by atoms with Gasteiger partial charge in [-0.15, -0.1) is 6.42 Å². The van der Waals surface area contributed by atoms with Crippen LogP contribution in [-0.4, -0.2) is 0 Å². The summed E-state index contributed by atoms with van der Waals surface area (Å²) in [6, 6.07) is 0. The van der Waals surface area contributed by atoms with Crippen molar-refractivity contribution in [3.63, 3.8) is 0 Å². The lowest BCUT2D eigenvalue weighted by atomic mass is 10.5. The third-order valence-corrected chi connectivity index (χ3v) is 0.538. The molecule has 6 heavy (non-hydrogen) atoms. The zero-order valence-electron chi connectivity index (χ0n) is 3.16. The maximum atomic E-state index is 4.84. The molecule has 0 amide bonds. The number of rotatable bonds is 0. The molecular weight excluding hydrogens is 140 g/mol. The van der Waals surface area contributed by atoms with E-state index in [4.69, 9.17) is 6.42 Å². The van der Waals surface area contributed by atoms with Crippen LogP contribution in [0.2, 0.25) is 0 Å². The molecule has 0 heterocycles. The third kappa shape index (κ3) is 3.60. The van der Waals surface area contributed by atoms with Crippen LogP contribution < -0.4 is 0 Å². The van der Waals surface area contributed by atoms with Gasteiger partial charge in [0.1, 0.15) is 0 Å². The zero-order chi connectivity index (χ0) is 4.83. The number of halogens is 1. The van der Waals surface area contributed by atoms with E-state index in [2.05, 4.69) is 32.6 Å². The predicted octanol–water partition coefficient (Wildman–Crippen LogP) is 1.37. The van der Waals surface area contributed by atoms with E-state index in [0.29, 0.717) is 6.42 Å². The first-order chi connectivity index (χ1) is 2.91. The van der Waals surface area contributed by atoms with Crippen molar-refractivity contribution in [2.75, 3.05) is 0 Å². The molecule has 0 aromatic heterocycles. The normalized spacial score (nSPS) is 4.67. The molecule has 0 nitrogen and oxygen atoms in total. The second kappa shape index (κ2) is 4.60. The largest absolute Gasteiger partial charge is 0.119 e. The topological polar surface area (TPSA) is 0 Å². The van der Waals surface area contributed by atoms with Crippen LogP contribution in [0.3, 0.4) is 0 Å². The van der Waals surface area contributed by atoms with E-state index < -0.39 is 0 Å². The van der Waals surface area contributed by atoms with Crippen LogP contribution in [-0.2, 0) is 0 Å². The highest BCUT2D eigenvalue weighted by molar-refractivity contribution is 9.12. The summed E-state index contributed by atoms with van der Waals surface area (Å²) in [4.78, 5) is 2.49. The Morgan fingerprint density at radius 3 is 2.50 bits per heavy atom. The van der Waals surface area contributed by atoms with Gasteiger partial charge in [0.15, 0.2) is 0 Å². The molecule has 0 atom stereocenters. The fraction of sp³-hybridized carbons (Fsp3) is 0.200. The van der Waals surface area contributed by atoms with Gasteiger partial charge in [0, 0.05) is 15.9 Å². The first-order valence-corrected chi connectivity index (χ1v) is 2.23. The minimum atomic E-state index is 0.533. The van der Waals surface area contributed by atoms with Gasteiger partial charge in [0.2, 0.25) is 0 Å². The zero-order valence-corrected chi connectivity index (χ0v) is 4.75. The molecule has 0 rings (SSSR count). The minimum absolute atomic E-state index is 0.533. The fourth-order valence-electron chi connectivity index (χ4n) is 0.0844. The Labute approximate surface area is 46.1 Å². The molecule has 0 fully saturated rings. The Hall–Kier alpha value is -0.400. The molecule has 0 aromatic carbocycles. The van der Waals surface area contributed by atoms with Gasteiger partial charge in [0.25, 0.3) is 0 Å². The summed E-state index contributed by atoms with van der Waals surface area (Å²) in [6.07, 6.45) is 5.37. The molecule has 30 valence electrons. The number of terminal acetylenes is 1. The second-order valence-electron chi connectivity index (χ2n) is 0.652. The van der Waals surface area contributed by atoms with E-state index in [1.54, 1.807) is 0 Å². The van der Waals surface area contributed by atoms with Crippen LogP contribution in [0.15, 0.2) is 0 Å². The molecule has 0 aromatic rings. The summed E-state index contributed by atoms with van der Waals surface area (Å²) in [5.74, 6) is 4.99. The summed E-state index contributed by atoms with van der Waals surface area (Å²) in [5.41, 5.74) is 0. The van der Waals surface area contributed by atoms with E-state index in [1.807, 2.05) is 0 Å². The van der Waals surface area contributed by atoms with E-state index in [1.165, 1.54) is 0 Å². The molecule has 0 unspecified atom stereocenters. The lowest BCUT2D eigenvalue weighted by Gasteiger charge is -1.59. The van der Waals surface area contributed by atoms with E-state index in [-0.39, 0.29) is 0 Å². The number of hydrogen-bond donors (Lipinski definition) is 0. The van der Waals surface area contributed by atoms with Crippen molar-refractivity contribution < 1.29 is 0 Å². The van der Waals surface area contributed by atoms with E-state index in [0.717, 1.165) is 0 Å². The molecule has 1 heteroatoms. The molecule has 0 aliphatic carbocycles. The number of hydrogen-bond acceptors (Lipinski definition) is 0. The van der Waals surface area contributed by atoms with Gasteiger partial charge in [-0.3, -0.25) is 0 Å². The molecule has 0 aliphatic rings. The van der Waals surface area contributed by atoms with Gasteiger partial charge >= 0.3 is 0 Å². The Kier molecular flexibility index (Phi) is 4.29. The van der Waals surface area contributed by atoms with Crippen LogP contribution >= 0.6 is 15.9 Å². The van der Waals surface area contributed by atoms with Gasteiger partial charge in [-0.25, -0.2) is 0 Å². The van der Waals surface area contributed by atoms with Gasteiger partial charge in [-0.05, 0) is 4.83 Å². The smallest absolute Gasteiger partial charge is 0.0708 e. The maximum absolute atomic E-state index is 4.84. The lowest BCUT2D eigenvalue weighted by molar-refractivity contribution is 1.58. The van der Waals surface area contributed by atoms with Crippen LogP contribution in [0.25, 0.3) is 0 Å². The fourth-order valence-corrected chi connectivity index (χ4v) is 0.225. The standard InChI is InChI=1S/C5H3Br/c1-2-3-4-5-6/h1H,3H2. The summed E-state index contributed by atoms with van der Waals surface area (Å²) in [7, 11) is 0. The second-order valence-corrected chi connectivity index (χ2v) is 1.05. The van der Waals surface area contributed by atoms with Crippen LogP contribution in [0.5, 0.6) is 0 Å². The Bertz CT molecular complexity index is 108. The van der Waals surface area contributed by atoms with Gasteiger partial charge in [-0.2, -0.15) is 0 Å². The van der Waals surface area contributed by atoms with Crippen molar-refractivity contribution in [2.45, 2.75) is 6.42 Å². The SMILES string of the molecule is C#CCC#CBr. The molecule has 0 bridgehead atoms. The minimum Gasteiger partial charge on any atom is -0.119 e. The van der Waals surface area contributed by atoms with Crippen LogP contribution in [0.1, 0.15) is 6.42 Å². The van der Waals surface area contributed by atoms with Crippen LogP contribution in [0, 0.1) is 23.1 Å². The van der Waals surface area contributed by atoms with Crippen molar-refractivity contribution in [1.82, 2.24) is 0 Å². The highest BCUT2D eigenvalue weighted by atomic mass is 79.9. The monoisotopic (exact) mass is 142 g/mol. The molecule has 0 N–H and O–H groups in total. The van der Waals surface area contributed by atoms with Crippen molar-refractivity contribution in [3.8, 4) is 23.1 Å². The van der Waals surface area contributed by atoms with Crippen molar-refractivity contribution in [1.29, 1.82) is 0 Å². The Morgan fingerprint density at radius 1 is 1.67 bits per heavy atom. The highest BCUT2D eigenvalue weighted by Gasteiger charge is 1.55. The first kappa shape index (κ1) is 5.60. The van der Waals surface area contributed by atoms with Crippen molar-refractivity contribution in [2.24, 2.45) is 0 Å². The molecule has 0 radical (unpaired) electrons. The Balaban J connectivity index is 3.07. The molecule has 0 saturated heterocycles. The molecule has 0 aliphatic heterocycles. The summed E-state index contributed by atoms with van der Waals surface area (Å²) < 4.78 is 0. The third-order valence-electron chi connectivity index (χ3n) is 0.257. The van der Waals surface area contributed by atoms with E-state index in [9.17, 15) is 0 Å². The molecule has 0 spiro atoms. The molecule has 0 saturated carbocycles. The summed E-state index contributed by atoms with van der Waals surface area (Å²) in [5, 5.41) is 0. The van der Waals surface area contributed by atoms with Gasteiger partial charge < -0.3 is 0 Å². The quantitative estimate of drug-likeness (QED) is 0.449. The average molecular weight is 143 g/mol. The average Bonchev–Trinajstić information content (AvgIpc) is 1.61. The first-order valence-electron chi connectivity index (χ1n) is 1.43. The lowest BCUT2D eigenvalue weighted by Crippen LogP contribution is -1.49.